The normalized spacial score (nSPS) is 13.6. The Morgan fingerprint density at radius 2 is 1.74 bits per heavy atom. The fraction of sp³-hybridized carbons (Fsp3) is 0.381. The molecule has 0 bridgehead atoms. The van der Waals surface area contributed by atoms with Gasteiger partial charge in [-0.25, -0.2) is 8.42 Å². The number of nitrogens with zero attached hydrogens (tertiary/aromatic N) is 1. The lowest BCUT2D eigenvalue weighted by atomic mass is 10.1. The van der Waals surface area contributed by atoms with Gasteiger partial charge in [0.25, 0.3) is 5.91 Å². The lowest BCUT2D eigenvalue weighted by Gasteiger charge is -2.19. The minimum atomic E-state index is -3.60. The molecule has 5 nitrogen and oxygen atoms in total. The molecule has 0 atom stereocenters. The van der Waals surface area contributed by atoms with Crippen molar-refractivity contribution in [3.05, 3.63) is 58.7 Å². The number of anilines is 1. The fourth-order valence-electron chi connectivity index (χ4n) is 3.57. The second-order valence-corrected chi connectivity index (χ2v) is 8.80. The number of sulfonamides is 1. The van der Waals surface area contributed by atoms with Crippen molar-refractivity contribution >= 4 is 21.6 Å². The summed E-state index contributed by atoms with van der Waals surface area (Å²) in [5.41, 5.74) is 4.49. The highest BCUT2D eigenvalue weighted by molar-refractivity contribution is 7.89. The zero-order chi connectivity index (χ0) is 19.6. The lowest BCUT2D eigenvalue weighted by molar-refractivity contribution is 0.102. The first-order chi connectivity index (χ1) is 12.9. The van der Waals surface area contributed by atoms with Crippen LogP contribution in [0.15, 0.2) is 41.3 Å². The molecule has 0 unspecified atom stereocenters. The maximum Gasteiger partial charge on any atom is 0.255 e. The van der Waals surface area contributed by atoms with E-state index in [4.69, 9.17) is 0 Å². The van der Waals surface area contributed by atoms with Crippen molar-refractivity contribution in [2.24, 2.45) is 0 Å². The van der Waals surface area contributed by atoms with Gasteiger partial charge >= 0.3 is 0 Å². The zero-order valence-electron chi connectivity index (χ0n) is 16.1. The number of amides is 1. The number of carbonyl (C=O) groups is 1. The average molecular weight is 387 g/mol. The van der Waals surface area contributed by atoms with E-state index in [0.717, 1.165) is 30.5 Å². The molecule has 0 heterocycles. The third-order valence-corrected chi connectivity index (χ3v) is 7.20. The Hall–Kier alpha value is -2.18. The summed E-state index contributed by atoms with van der Waals surface area (Å²) < 4.78 is 26.9. The molecule has 0 aliphatic heterocycles. The first kappa shape index (κ1) is 19.6. The Morgan fingerprint density at radius 3 is 2.44 bits per heavy atom. The summed E-state index contributed by atoms with van der Waals surface area (Å²) in [5, 5.41) is 2.92. The van der Waals surface area contributed by atoms with Crippen LogP contribution < -0.4 is 5.32 Å². The molecule has 0 spiro atoms. The number of rotatable bonds is 6. The molecule has 1 N–H and O–H groups in total. The van der Waals surface area contributed by atoms with Crippen molar-refractivity contribution in [3.8, 4) is 0 Å². The molecule has 3 rings (SSSR count). The van der Waals surface area contributed by atoms with Crippen molar-refractivity contribution in [2.75, 3.05) is 18.4 Å². The van der Waals surface area contributed by atoms with Gasteiger partial charge in [0, 0.05) is 24.3 Å². The maximum atomic E-state index is 12.8. The van der Waals surface area contributed by atoms with E-state index in [1.54, 1.807) is 26.0 Å². The second-order valence-electron chi connectivity index (χ2n) is 6.86. The summed E-state index contributed by atoms with van der Waals surface area (Å²) in [6.07, 6.45) is 3.28. The highest BCUT2D eigenvalue weighted by atomic mass is 32.2. The van der Waals surface area contributed by atoms with Crippen LogP contribution in [-0.2, 0) is 22.9 Å². The van der Waals surface area contributed by atoms with Crippen LogP contribution in [0.4, 0.5) is 5.69 Å². The number of hydrogen-bond acceptors (Lipinski definition) is 3. The number of hydrogen-bond donors (Lipinski definition) is 1. The smallest absolute Gasteiger partial charge is 0.255 e. The molecule has 2 aromatic carbocycles. The Kier molecular flexibility index (Phi) is 5.67. The quantitative estimate of drug-likeness (QED) is 0.822. The second kappa shape index (κ2) is 7.82. The monoisotopic (exact) mass is 386 g/mol. The number of nitrogens with one attached hydrogen (secondary N) is 1. The zero-order valence-corrected chi connectivity index (χ0v) is 16.9. The number of aryl methyl sites for hydroxylation is 3. The van der Waals surface area contributed by atoms with Crippen molar-refractivity contribution in [2.45, 2.75) is 44.9 Å². The molecule has 1 aliphatic carbocycles. The van der Waals surface area contributed by atoms with E-state index >= 15 is 0 Å². The van der Waals surface area contributed by atoms with Gasteiger partial charge in [-0.2, -0.15) is 4.31 Å². The van der Waals surface area contributed by atoms with E-state index in [1.165, 1.54) is 21.5 Å². The van der Waals surface area contributed by atoms with E-state index in [2.05, 4.69) is 11.4 Å². The van der Waals surface area contributed by atoms with Crippen molar-refractivity contribution < 1.29 is 13.2 Å². The van der Waals surface area contributed by atoms with E-state index in [1.807, 2.05) is 19.1 Å². The van der Waals surface area contributed by atoms with Gasteiger partial charge in [0.2, 0.25) is 10.0 Å². The lowest BCUT2D eigenvalue weighted by Crippen LogP contribution is -2.30. The molecule has 1 amide bonds. The van der Waals surface area contributed by atoms with E-state index in [9.17, 15) is 13.2 Å². The Morgan fingerprint density at radius 1 is 1.04 bits per heavy atom. The summed E-state index contributed by atoms with van der Waals surface area (Å²) in [7, 11) is -3.60. The van der Waals surface area contributed by atoms with E-state index in [-0.39, 0.29) is 10.8 Å². The minimum Gasteiger partial charge on any atom is -0.322 e. The summed E-state index contributed by atoms with van der Waals surface area (Å²) in [4.78, 5) is 13.0. The third kappa shape index (κ3) is 3.92. The van der Waals surface area contributed by atoms with Crippen molar-refractivity contribution in [1.29, 1.82) is 0 Å². The van der Waals surface area contributed by atoms with Gasteiger partial charge in [0.15, 0.2) is 0 Å². The van der Waals surface area contributed by atoms with Crippen LogP contribution in [0.25, 0.3) is 0 Å². The van der Waals surface area contributed by atoms with E-state index in [0.29, 0.717) is 18.7 Å². The van der Waals surface area contributed by atoms with Gasteiger partial charge in [-0.1, -0.05) is 26.0 Å². The average Bonchev–Trinajstić information content (AvgIpc) is 3.10. The largest absolute Gasteiger partial charge is 0.322 e. The molecule has 144 valence electrons. The van der Waals surface area contributed by atoms with Gasteiger partial charge in [0.05, 0.1) is 4.90 Å². The Bertz CT molecular complexity index is 963. The van der Waals surface area contributed by atoms with E-state index < -0.39 is 10.0 Å². The molecular formula is C21H26N2O3S. The predicted molar refractivity (Wildman–Crippen MR) is 108 cm³/mol. The molecule has 0 saturated carbocycles. The first-order valence-corrected chi connectivity index (χ1v) is 10.8. The fourth-order valence-corrected chi connectivity index (χ4v) is 5.05. The number of benzene rings is 2. The standard InChI is InChI=1S/C21H26N2O3S/c1-4-23(5-2)27(25,26)19-12-9-15(3)20(14-19)21(24)22-18-11-10-16-7-6-8-17(16)13-18/h9-14H,4-8H2,1-3H3,(H,22,24). The SMILES string of the molecule is CCN(CC)S(=O)(=O)c1ccc(C)c(C(=O)Nc2ccc3c(c2)CCC3)c1. The highest BCUT2D eigenvalue weighted by Crippen LogP contribution is 2.26. The highest BCUT2D eigenvalue weighted by Gasteiger charge is 2.23. The van der Waals surface area contributed by atoms with Crippen LogP contribution in [0.3, 0.4) is 0 Å². The van der Waals surface area contributed by atoms with Gasteiger partial charge in [-0.15, -0.1) is 0 Å². The third-order valence-electron chi connectivity index (χ3n) is 5.15. The molecular weight excluding hydrogens is 360 g/mol. The van der Waals surface area contributed by atoms with Crippen LogP contribution in [-0.4, -0.2) is 31.7 Å². The maximum absolute atomic E-state index is 12.8. The molecule has 0 aromatic heterocycles. The number of fused-ring (bicyclic) bond motifs is 1. The summed E-state index contributed by atoms with van der Waals surface area (Å²) in [6.45, 7) is 6.20. The molecule has 0 radical (unpaired) electrons. The van der Waals surface area contributed by atoms with Crippen LogP contribution in [0, 0.1) is 6.92 Å². The van der Waals surface area contributed by atoms with Crippen LogP contribution >= 0.6 is 0 Å². The minimum absolute atomic E-state index is 0.149. The summed E-state index contributed by atoms with van der Waals surface area (Å²) >= 11 is 0. The van der Waals surface area contributed by atoms with Crippen LogP contribution in [0.5, 0.6) is 0 Å². The Balaban J connectivity index is 1.89. The van der Waals surface area contributed by atoms with Crippen LogP contribution in [0.1, 0.15) is 47.3 Å². The molecule has 0 fully saturated rings. The van der Waals surface area contributed by atoms with Crippen molar-refractivity contribution in [1.82, 2.24) is 4.31 Å². The van der Waals surface area contributed by atoms with Crippen LogP contribution in [0.2, 0.25) is 0 Å². The topological polar surface area (TPSA) is 66.5 Å². The van der Waals surface area contributed by atoms with Crippen molar-refractivity contribution in [3.63, 3.8) is 0 Å². The number of carbonyl (C=O) groups excluding carboxylic acids is 1. The molecule has 0 saturated heterocycles. The summed E-state index contributed by atoms with van der Waals surface area (Å²) in [5.74, 6) is -0.290. The molecule has 6 heteroatoms. The predicted octanol–water partition coefficient (Wildman–Crippen LogP) is 3.77. The first-order valence-electron chi connectivity index (χ1n) is 9.40. The summed E-state index contributed by atoms with van der Waals surface area (Å²) in [6, 6.07) is 10.7. The van der Waals surface area contributed by atoms with Gasteiger partial charge in [0.1, 0.15) is 0 Å². The Labute approximate surface area is 161 Å². The van der Waals surface area contributed by atoms with Gasteiger partial charge in [-0.3, -0.25) is 4.79 Å². The van der Waals surface area contributed by atoms with Gasteiger partial charge in [-0.05, 0) is 67.1 Å². The molecule has 2 aromatic rings. The molecule has 1 aliphatic rings. The molecule has 27 heavy (non-hydrogen) atoms. The van der Waals surface area contributed by atoms with Gasteiger partial charge < -0.3 is 5.32 Å².